The molecule has 7 nitrogen and oxygen atoms in total. The van der Waals surface area contributed by atoms with Gasteiger partial charge in [-0.05, 0) is 75.5 Å². The SMILES string of the molecule is O=CN(CC[C@H]1CC[C@@H](NC(=O)C2CCc3nnc(C4CC4)n32)CC1)c1ccc(F)cc1Cl. The van der Waals surface area contributed by atoms with Gasteiger partial charge in [0.2, 0.25) is 12.3 Å². The number of nitrogens with zero attached hydrogens (tertiary/aromatic N) is 4. The summed E-state index contributed by atoms with van der Waals surface area (Å²) in [5.41, 5.74) is 0.532. The Bertz CT molecular complexity index is 1030. The lowest BCUT2D eigenvalue weighted by Crippen LogP contribution is -2.41. The van der Waals surface area contributed by atoms with Gasteiger partial charge in [0.05, 0.1) is 10.7 Å². The second-order valence-corrected chi connectivity index (χ2v) is 9.99. The van der Waals surface area contributed by atoms with Crippen molar-refractivity contribution in [2.75, 3.05) is 11.4 Å². The number of hydrogen-bond acceptors (Lipinski definition) is 4. The number of aryl methyl sites for hydroxylation is 1. The second-order valence-electron chi connectivity index (χ2n) is 9.58. The van der Waals surface area contributed by atoms with Crippen LogP contribution < -0.4 is 10.2 Å². The molecule has 2 heterocycles. The fourth-order valence-corrected chi connectivity index (χ4v) is 5.55. The third-order valence-electron chi connectivity index (χ3n) is 7.31. The molecule has 1 N–H and O–H groups in total. The molecule has 1 aliphatic heterocycles. The molecule has 2 amide bonds. The van der Waals surface area contributed by atoms with E-state index in [0.717, 1.165) is 75.8 Å². The minimum Gasteiger partial charge on any atom is -0.352 e. The van der Waals surface area contributed by atoms with Crippen LogP contribution in [0.25, 0.3) is 0 Å². The largest absolute Gasteiger partial charge is 0.352 e. The predicted octanol–water partition coefficient (Wildman–Crippen LogP) is 4.16. The summed E-state index contributed by atoms with van der Waals surface area (Å²) in [6.07, 6.45) is 9.39. The van der Waals surface area contributed by atoms with Gasteiger partial charge in [-0.1, -0.05) is 11.6 Å². The molecule has 1 unspecified atom stereocenters. The third-order valence-corrected chi connectivity index (χ3v) is 7.61. The molecular weight excluding hydrogens is 445 g/mol. The number of hydrogen-bond donors (Lipinski definition) is 1. The van der Waals surface area contributed by atoms with Crippen LogP contribution in [0.3, 0.4) is 0 Å². The van der Waals surface area contributed by atoms with E-state index in [4.69, 9.17) is 11.6 Å². The number of carbonyl (C=O) groups is 2. The molecule has 1 aromatic heterocycles. The van der Waals surface area contributed by atoms with Crippen LogP contribution in [0.4, 0.5) is 10.1 Å². The van der Waals surface area contributed by atoms with E-state index in [0.29, 0.717) is 24.1 Å². The molecule has 2 aliphatic carbocycles. The molecule has 2 aromatic rings. The highest BCUT2D eigenvalue weighted by Gasteiger charge is 2.38. The first-order valence-electron chi connectivity index (χ1n) is 11.9. The number of benzene rings is 1. The van der Waals surface area contributed by atoms with E-state index in [2.05, 4.69) is 20.1 Å². The number of anilines is 1. The molecule has 0 spiro atoms. The summed E-state index contributed by atoms with van der Waals surface area (Å²) in [5, 5.41) is 12.2. The molecule has 0 radical (unpaired) electrons. The van der Waals surface area contributed by atoms with Crippen molar-refractivity contribution in [1.82, 2.24) is 20.1 Å². The fraction of sp³-hybridized carbons (Fsp3) is 0.583. The van der Waals surface area contributed by atoms with Gasteiger partial charge < -0.3 is 14.8 Å². The van der Waals surface area contributed by atoms with Gasteiger partial charge in [-0.2, -0.15) is 0 Å². The molecule has 33 heavy (non-hydrogen) atoms. The summed E-state index contributed by atoms with van der Waals surface area (Å²) in [6.45, 7) is 0.541. The molecule has 0 bridgehead atoms. The number of rotatable bonds is 8. The molecule has 5 rings (SSSR count). The van der Waals surface area contributed by atoms with Gasteiger partial charge in [0.25, 0.3) is 0 Å². The highest BCUT2D eigenvalue weighted by molar-refractivity contribution is 6.33. The Morgan fingerprint density at radius 1 is 1.18 bits per heavy atom. The summed E-state index contributed by atoms with van der Waals surface area (Å²) in [7, 11) is 0. The molecular formula is C24H29ClFN5O2. The van der Waals surface area contributed by atoms with Crippen molar-refractivity contribution in [1.29, 1.82) is 0 Å². The molecule has 3 aliphatic rings. The quantitative estimate of drug-likeness (QED) is 0.584. The van der Waals surface area contributed by atoms with Gasteiger partial charge in [-0.3, -0.25) is 9.59 Å². The maximum Gasteiger partial charge on any atom is 0.243 e. The van der Waals surface area contributed by atoms with Crippen LogP contribution in [0.15, 0.2) is 18.2 Å². The number of nitrogens with one attached hydrogen (secondary N) is 1. The number of amides is 2. The van der Waals surface area contributed by atoms with E-state index >= 15 is 0 Å². The first kappa shape index (κ1) is 22.3. The van der Waals surface area contributed by atoms with Crippen LogP contribution in [0, 0.1) is 11.7 Å². The van der Waals surface area contributed by atoms with Crippen molar-refractivity contribution in [2.24, 2.45) is 5.92 Å². The summed E-state index contributed by atoms with van der Waals surface area (Å²) in [6, 6.07) is 4.09. The van der Waals surface area contributed by atoms with Crippen LogP contribution in [-0.4, -0.2) is 39.7 Å². The van der Waals surface area contributed by atoms with Crippen LogP contribution in [0.2, 0.25) is 5.02 Å². The molecule has 0 saturated heterocycles. The molecule has 2 saturated carbocycles. The van der Waals surface area contributed by atoms with Gasteiger partial charge in [0.1, 0.15) is 23.5 Å². The van der Waals surface area contributed by atoms with Crippen molar-refractivity contribution in [3.05, 3.63) is 40.7 Å². The average Bonchev–Trinajstić information content (AvgIpc) is 3.42. The molecule has 1 atom stereocenters. The van der Waals surface area contributed by atoms with Crippen molar-refractivity contribution < 1.29 is 14.0 Å². The Hall–Kier alpha value is -2.48. The van der Waals surface area contributed by atoms with Crippen molar-refractivity contribution in [2.45, 2.75) is 75.8 Å². The number of aromatic nitrogens is 3. The lowest BCUT2D eigenvalue weighted by Gasteiger charge is -2.31. The lowest BCUT2D eigenvalue weighted by molar-refractivity contribution is -0.125. The Kier molecular flexibility index (Phi) is 6.36. The highest BCUT2D eigenvalue weighted by atomic mass is 35.5. The Balaban J connectivity index is 1.10. The Morgan fingerprint density at radius 2 is 1.97 bits per heavy atom. The van der Waals surface area contributed by atoms with E-state index in [1.165, 1.54) is 18.2 Å². The summed E-state index contributed by atoms with van der Waals surface area (Å²) >= 11 is 6.11. The molecule has 9 heteroatoms. The monoisotopic (exact) mass is 473 g/mol. The normalized spacial score (nSPS) is 24.4. The third kappa shape index (κ3) is 4.76. The maximum absolute atomic E-state index is 13.3. The van der Waals surface area contributed by atoms with E-state index < -0.39 is 5.82 Å². The average molecular weight is 474 g/mol. The van der Waals surface area contributed by atoms with Crippen molar-refractivity contribution >= 4 is 29.6 Å². The van der Waals surface area contributed by atoms with Crippen molar-refractivity contribution in [3.63, 3.8) is 0 Å². The topological polar surface area (TPSA) is 80.1 Å². The highest BCUT2D eigenvalue weighted by Crippen LogP contribution is 2.42. The minimum absolute atomic E-state index is 0.0944. The first-order chi connectivity index (χ1) is 16.0. The second kappa shape index (κ2) is 9.41. The van der Waals surface area contributed by atoms with E-state index in [1.54, 1.807) is 4.90 Å². The first-order valence-corrected chi connectivity index (χ1v) is 12.3. The number of carbonyl (C=O) groups excluding carboxylic acids is 2. The molecule has 176 valence electrons. The van der Waals surface area contributed by atoms with E-state index in [-0.39, 0.29) is 23.0 Å². The number of fused-ring (bicyclic) bond motifs is 1. The van der Waals surface area contributed by atoms with Crippen LogP contribution in [-0.2, 0) is 16.0 Å². The minimum atomic E-state index is -0.420. The van der Waals surface area contributed by atoms with E-state index in [9.17, 15) is 14.0 Å². The predicted molar refractivity (Wildman–Crippen MR) is 123 cm³/mol. The van der Waals surface area contributed by atoms with Gasteiger partial charge >= 0.3 is 0 Å². The standard InChI is InChI=1S/C24H29ClFN5O2/c25-19-13-17(26)5-8-20(19)30(14-32)12-11-15-1-6-18(7-2-15)27-24(33)21-9-10-22-28-29-23(31(21)22)16-3-4-16/h5,8,13-16,18,21H,1-4,6-7,9-12H2,(H,27,33)/t15-,18+,21?. The lowest BCUT2D eigenvalue weighted by atomic mass is 9.84. The van der Waals surface area contributed by atoms with E-state index in [1.807, 2.05) is 0 Å². The van der Waals surface area contributed by atoms with Crippen LogP contribution in [0.5, 0.6) is 0 Å². The number of halogens is 2. The summed E-state index contributed by atoms with van der Waals surface area (Å²) < 4.78 is 15.4. The van der Waals surface area contributed by atoms with Crippen LogP contribution in [0.1, 0.15) is 75.0 Å². The summed E-state index contributed by atoms with van der Waals surface area (Å²) in [4.78, 5) is 26.2. The zero-order valence-corrected chi connectivity index (χ0v) is 19.3. The van der Waals surface area contributed by atoms with Crippen LogP contribution >= 0.6 is 11.6 Å². The van der Waals surface area contributed by atoms with Gasteiger partial charge in [0, 0.05) is 24.9 Å². The molecule has 1 aromatic carbocycles. The zero-order chi connectivity index (χ0) is 22.9. The fourth-order valence-electron chi connectivity index (χ4n) is 5.27. The zero-order valence-electron chi connectivity index (χ0n) is 18.6. The van der Waals surface area contributed by atoms with Crippen molar-refractivity contribution in [3.8, 4) is 0 Å². The maximum atomic E-state index is 13.3. The Morgan fingerprint density at radius 3 is 2.67 bits per heavy atom. The van der Waals surface area contributed by atoms with Gasteiger partial charge in [0.15, 0.2) is 0 Å². The smallest absolute Gasteiger partial charge is 0.243 e. The molecule has 2 fully saturated rings. The van der Waals surface area contributed by atoms with Gasteiger partial charge in [-0.15, -0.1) is 10.2 Å². The Labute approximate surface area is 197 Å². The van der Waals surface area contributed by atoms with Gasteiger partial charge in [-0.25, -0.2) is 4.39 Å². The summed E-state index contributed by atoms with van der Waals surface area (Å²) in [5.74, 6) is 2.57.